The Balaban J connectivity index is 2.05. The van der Waals surface area contributed by atoms with Gasteiger partial charge in [0.2, 0.25) is 5.82 Å². The number of phenolic OH excluding ortho intramolecular Hbond substituents is 1. The van der Waals surface area contributed by atoms with E-state index in [-0.39, 0.29) is 21.7 Å². The number of anilines is 1. The van der Waals surface area contributed by atoms with Crippen molar-refractivity contribution in [3.63, 3.8) is 0 Å². The second-order valence-corrected chi connectivity index (χ2v) is 6.81. The van der Waals surface area contributed by atoms with E-state index >= 15 is 0 Å². The molecule has 0 aliphatic heterocycles. The molecule has 29 heavy (non-hydrogen) atoms. The van der Waals surface area contributed by atoms with Gasteiger partial charge in [0, 0.05) is 10.9 Å². The molecule has 0 fully saturated rings. The van der Waals surface area contributed by atoms with E-state index < -0.39 is 52.0 Å². The number of halogens is 4. The summed E-state index contributed by atoms with van der Waals surface area (Å²) in [6.45, 7) is 1.34. The molecule has 0 atom stereocenters. The van der Waals surface area contributed by atoms with Gasteiger partial charge in [-0.1, -0.05) is 12.1 Å². The van der Waals surface area contributed by atoms with Crippen LogP contribution in [0.15, 0.2) is 29.6 Å². The first kappa shape index (κ1) is 20.3. The molecule has 10 heteroatoms. The number of amides is 1. The Morgan fingerprint density at radius 3 is 2.34 bits per heavy atom. The van der Waals surface area contributed by atoms with E-state index in [1.807, 2.05) is 0 Å². The lowest BCUT2D eigenvalue weighted by Crippen LogP contribution is -2.15. The molecule has 1 amide bonds. The molecule has 0 saturated heterocycles. The third-order valence-electron chi connectivity index (χ3n) is 4.09. The number of rotatable bonds is 4. The third-order valence-corrected chi connectivity index (χ3v) is 5.10. The number of carboxylic acids is 1. The Kier molecular flexibility index (Phi) is 5.29. The summed E-state index contributed by atoms with van der Waals surface area (Å²) in [7, 11) is 0. The smallest absolute Gasteiger partial charge is 0.339 e. The van der Waals surface area contributed by atoms with Gasteiger partial charge in [0.05, 0.1) is 16.1 Å². The normalized spacial score (nSPS) is 10.8. The van der Waals surface area contributed by atoms with Gasteiger partial charge in [0.1, 0.15) is 5.56 Å². The van der Waals surface area contributed by atoms with E-state index in [0.29, 0.717) is 6.07 Å². The number of aromatic hydroxyl groups is 1. The monoisotopic (exact) mass is 425 g/mol. The van der Waals surface area contributed by atoms with Crippen LogP contribution in [0, 0.1) is 30.2 Å². The van der Waals surface area contributed by atoms with Crippen LogP contribution in [-0.2, 0) is 0 Å². The SMILES string of the molecule is Cc1ccc(-c2scc(NC(=O)c3ccc(F)c(F)c3O)c2C(=O)O)c(F)c1F. The molecule has 0 bridgehead atoms. The lowest BCUT2D eigenvalue weighted by Gasteiger charge is -2.09. The van der Waals surface area contributed by atoms with Crippen molar-refractivity contribution in [3.05, 3.63) is 69.6 Å². The minimum atomic E-state index is -1.64. The predicted octanol–water partition coefficient (Wildman–Crippen LogP) is 4.94. The largest absolute Gasteiger partial charge is 0.504 e. The second-order valence-electron chi connectivity index (χ2n) is 5.93. The maximum Gasteiger partial charge on any atom is 0.339 e. The highest BCUT2D eigenvalue weighted by atomic mass is 32.1. The van der Waals surface area contributed by atoms with Crippen molar-refractivity contribution < 1.29 is 37.4 Å². The number of aryl methyl sites for hydroxylation is 1. The molecular weight excluding hydrogens is 414 g/mol. The molecule has 3 N–H and O–H groups in total. The Morgan fingerprint density at radius 2 is 1.69 bits per heavy atom. The summed E-state index contributed by atoms with van der Waals surface area (Å²) < 4.78 is 54.8. The number of thiophene rings is 1. The van der Waals surface area contributed by atoms with Crippen LogP contribution in [0.5, 0.6) is 5.75 Å². The molecule has 1 heterocycles. The molecule has 0 saturated carbocycles. The van der Waals surface area contributed by atoms with Crippen LogP contribution in [0.4, 0.5) is 23.2 Å². The number of phenols is 1. The van der Waals surface area contributed by atoms with E-state index in [4.69, 9.17) is 0 Å². The fourth-order valence-electron chi connectivity index (χ4n) is 2.59. The number of carboxylic acid groups (broad SMARTS) is 1. The Labute approximate surface area is 164 Å². The van der Waals surface area contributed by atoms with Crippen molar-refractivity contribution in [2.45, 2.75) is 6.92 Å². The Morgan fingerprint density at radius 1 is 1.00 bits per heavy atom. The maximum absolute atomic E-state index is 14.3. The lowest BCUT2D eigenvalue weighted by atomic mass is 10.1. The zero-order valence-electron chi connectivity index (χ0n) is 14.5. The van der Waals surface area contributed by atoms with Crippen molar-refractivity contribution in [2.24, 2.45) is 0 Å². The Bertz CT molecular complexity index is 1160. The van der Waals surface area contributed by atoms with Crippen LogP contribution in [0.25, 0.3) is 10.4 Å². The minimum absolute atomic E-state index is 0.0296. The third kappa shape index (κ3) is 3.54. The average molecular weight is 425 g/mol. The van der Waals surface area contributed by atoms with Gasteiger partial charge in [0.15, 0.2) is 23.2 Å². The van der Waals surface area contributed by atoms with Gasteiger partial charge in [-0.25, -0.2) is 18.0 Å². The molecule has 0 aliphatic rings. The van der Waals surface area contributed by atoms with Crippen molar-refractivity contribution in [2.75, 3.05) is 5.32 Å². The van der Waals surface area contributed by atoms with Crippen LogP contribution in [-0.4, -0.2) is 22.1 Å². The summed E-state index contributed by atoms with van der Waals surface area (Å²) in [6.07, 6.45) is 0. The first-order valence-electron chi connectivity index (χ1n) is 7.91. The van der Waals surface area contributed by atoms with E-state index in [1.54, 1.807) is 0 Å². The van der Waals surface area contributed by atoms with Gasteiger partial charge in [-0.15, -0.1) is 11.3 Å². The molecule has 2 aromatic carbocycles. The average Bonchev–Trinajstić information content (AvgIpc) is 3.07. The van der Waals surface area contributed by atoms with Crippen molar-refractivity contribution in [1.82, 2.24) is 0 Å². The van der Waals surface area contributed by atoms with Gasteiger partial charge in [-0.2, -0.15) is 4.39 Å². The van der Waals surface area contributed by atoms with Crippen LogP contribution in [0.1, 0.15) is 26.3 Å². The van der Waals surface area contributed by atoms with Crippen LogP contribution in [0.2, 0.25) is 0 Å². The molecule has 3 rings (SSSR count). The minimum Gasteiger partial charge on any atom is -0.504 e. The standard InChI is InChI=1S/C19H11F4NO4S/c1-7-2-3-8(14(22)13(7)21)17-12(19(27)28)11(6-29-17)24-18(26)9-4-5-10(20)15(23)16(9)25/h2-6,25H,1H3,(H,24,26)(H,27,28). The maximum atomic E-state index is 14.3. The van der Waals surface area contributed by atoms with Crippen molar-refractivity contribution in [3.8, 4) is 16.2 Å². The number of carbonyl (C=O) groups is 2. The number of hydrogen-bond donors (Lipinski definition) is 3. The molecular formula is C19H11F4NO4S. The topological polar surface area (TPSA) is 86.6 Å². The van der Waals surface area contributed by atoms with Gasteiger partial charge in [0.25, 0.3) is 5.91 Å². The number of benzene rings is 2. The first-order chi connectivity index (χ1) is 13.6. The quantitative estimate of drug-likeness (QED) is 0.517. The fraction of sp³-hybridized carbons (Fsp3) is 0.0526. The van der Waals surface area contributed by atoms with Gasteiger partial charge < -0.3 is 15.5 Å². The summed E-state index contributed by atoms with van der Waals surface area (Å²) in [5.41, 5.74) is -1.73. The van der Waals surface area contributed by atoms with Crippen LogP contribution in [0.3, 0.4) is 0 Å². The number of hydrogen-bond acceptors (Lipinski definition) is 4. The number of aromatic carboxylic acids is 1. The summed E-state index contributed by atoms with van der Waals surface area (Å²) in [5, 5.41) is 22.4. The number of carbonyl (C=O) groups excluding carboxylic acids is 1. The molecule has 150 valence electrons. The number of nitrogens with one attached hydrogen (secondary N) is 1. The van der Waals surface area contributed by atoms with E-state index in [1.165, 1.54) is 24.4 Å². The zero-order valence-corrected chi connectivity index (χ0v) is 15.3. The molecule has 0 radical (unpaired) electrons. The highest BCUT2D eigenvalue weighted by Gasteiger charge is 2.26. The molecule has 1 aromatic heterocycles. The molecule has 0 aliphatic carbocycles. The zero-order chi connectivity index (χ0) is 21.5. The van der Waals surface area contributed by atoms with Crippen molar-refractivity contribution >= 4 is 28.9 Å². The second kappa shape index (κ2) is 7.55. The molecule has 0 spiro atoms. The first-order valence-corrected chi connectivity index (χ1v) is 8.79. The summed E-state index contributed by atoms with van der Waals surface area (Å²) >= 11 is 0.735. The van der Waals surface area contributed by atoms with E-state index in [2.05, 4.69) is 5.32 Å². The predicted molar refractivity (Wildman–Crippen MR) is 97.3 cm³/mol. The van der Waals surface area contributed by atoms with Gasteiger partial charge in [-0.3, -0.25) is 4.79 Å². The van der Waals surface area contributed by atoms with Crippen LogP contribution >= 0.6 is 11.3 Å². The lowest BCUT2D eigenvalue weighted by molar-refractivity contribution is 0.0699. The molecule has 3 aromatic rings. The summed E-state index contributed by atoms with van der Waals surface area (Å²) in [4.78, 5) is 23.9. The molecule has 5 nitrogen and oxygen atoms in total. The molecule has 0 unspecified atom stereocenters. The van der Waals surface area contributed by atoms with E-state index in [0.717, 1.165) is 17.4 Å². The summed E-state index contributed by atoms with van der Waals surface area (Å²) in [6, 6.07) is 3.91. The Hall–Kier alpha value is -3.40. The van der Waals surface area contributed by atoms with Crippen molar-refractivity contribution in [1.29, 1.82) is 0 Å². The highest BCUT2D eigenvalue weighted by Crippen LogP contribution is 2.38. The van der Waals surface area contributed by atoms with E-state index in [9.17, 15) is 37.4 Å². The van der Waals surface area contributed by atoms with Gasteiger partial charge in [-0.05, 0) is 24.6 Å². The van der Waals surface area contributed by atoms with Gasteiger partial charge >= 0.3 is 5.97 Å². The van der Waals surface area contributed by atoms with Crippen LogP contribution < -0.4 is 5.32 Å². The summed E-state index contributed by atoms with van der Waals surface area (Å²) in [5.74, 6) is -9.30. The fourth-order valence-corrected chi connectivity index (χ4v) is 3.61. The highest BCUT2D eigenvalue weighted by molar-refractivity contribution is 7.14.